The number of pyridine rings is 1. The summed E-state index contributed by atoms with van der Waals surface area (Å²) in [4.78, 5) is 4.48. The number of aromatic nitrogens is 1. The lowest BCUT2D eigenvalue weighted by atomic mass is 10.2. The second kappa shape index (κ2) is 2.83. The molecular formula is C12H10NP. The molecule has 2 heteroatoms. The van der Waals surface area contributed by atoms with E-state index in [9.17, 15) is 0 Å². The van der Waals surface area contributed by atoms with Gasteiger partial charge in [0.1, 0.15) is 0 Å². The minimum Gasteiger partial charge on any atom is -0.252 e. The van der Waals surface area contributed by atoms with Gasteiger partial charge in [-0.05, 0) is 18.1 Å². The smallest absolute Gasteiger partial charge is 0.0897 e. The molecule has 0 N–H and O–H groups in total. The molecule has 0 saturated carbocycles. The number of fused-ring (bicyclic) bond motifs is 3. The molecule has 2 aromatic heterocycles. The van der Waals surface area contributed by atoms with Crippen LogP contribution < -0.4 is 0 Å². The highest BCUT2D eigenvalue weighted by Crippen LogP contribution is 2.44. The number of nitrogens with zero attached hydrogens (tertiary/aromatic N) is 1. The van der Waals surface area contributed by atoms with E-state index in [1.165, 1.54) is 21.1 Å². The number of rotatable bonds is 0. The third-order valence-corrected chi connectivity index (χ3v) is 4.76. The van der Waals surface area contributed by atoms with E-state index in [-0.39, 0.29) is 7.53 Å². The zero-order valence-electron chi connectivity index (χ0n) is 7.94. The van der Waals surface area contributed by atoms with Crippen molar-refractivity contribution >= 4 is 28.7 Å². The lowest BCUT2D eigenvalue weighted by Crippen LogP contribution is -1.68. The van der Waals surface area contributed by atoms with E-state index in [4.69, 9.17) is 0 Å². The van der Waals surface area contributed by atoms with E-state index in [1.54, 1.807) is 0 Å². The van der Waals surface area contributed by atoms with Crippen LogP contribution in [0.5, 0.6) is 0 Å². The molecule has 0 spiro atoms. The maximum atomic E-state index is 4.48. The lowest BCUT2D eigenvalue weighted by molar-refractivity contribution is 1.45. The number of benzene rings is 1. The normalized spacial score (nSPS) is 12.5. The van der Waals surface area contributed by atoms with Crippen molar-refractivity contribution in [1.29, 1.82) is 0 Å². The molecule has 0 fully saturated rings. The fourth-order valence-electron chi connectivity index (χ4n) is 1.98. The van der Waals surface area contributed by atoms with Crippen LogP contribution in [0.1, 0.15) is 0 Å². The van der Waals surface area contributed by atoms with Crippen molar-refractivity contribution < 1.29 is 0 Å². The number of hydrogen-bond donors (Lipinski definition) is 0. The van der Waals surface area contributed by atoms with Crippen molar-refractivity contribution in [2.75, 3.05) is 0 Å². The topological polar surface area (TPSA) is 12.9 Å². The van der Waals surface area contributed by atoms with E-state index in [0.717, 1.165) is 0 Å². The summed E-state index contributed by atoms with van der Waals surface area (Å²) in [6.07, 6.45) is 1.89. The first-order chi connectivity index (χ1) is 6.88. The second-order valence-electron chi connectivity index (χ2n) is 3.45. The first kappa shape index (κ1) is 8.02. The summed E-state index contributed by atoms with van der Waals surface area (Å²) in [7, 11) is -0.208. The van der Waals surface area contributed by atoms with Gasteiger partial charge in [0, 0.05) is 16.7 Å². The fraction of sp³-hybridized carbons (Fsp3) is 0.0833. The van der Waals surface area contributed by atoms with Gasteiger partial charge in [0.15, 0.2) is 0 Å². The molecular weight excluding hydrogens is 189 g/mol. The Hall–Kier alpha value is -1.33. The predicted molar refractivity (Wildman–Crippen MR) is 62.9 cm³/mol. The lowest BCUT2D eigenvalue weighted by Gasteiger charge is -1.89. The van der Waals surface area contributed by atoms with E-state index in [1.807, 2.05) is 12.3 Å². The van der Waals surface area contributed by atoms with E-state index < -0.39 is 0 Å². The van der Waals surface area contributed by atoms with E-state index in [0.29, 0.717) is 0 Å². The second-order valence-corrected chi connectivity index (χ2v) is 5.47. The summed E-state index contributed by atoms with van der Waals surface area (Å²) in [5, 5.41) is 5.46. The first-order valence-electron chi connectivity index (χ1n) is 4.66. The van der Waals surface area contributed by atoms with Crippen LogP contribution in [0.4, 0.5) is 0 Å². The van der Waals surface area contributed by atoms with Crippen LogP contribution in [-0.4, -0.2) is 4.98 Å². The zero-order chi connectivity index (χ0) is 9.54. The van der Waals surface area contributed by atoms with Crippen molar-refractivity contribution in [3.8, 4) is 0 Å². The molecule has 1 atom stereocenters. The monoisotopic (exact) mass is 199 g/mol. The molecule has 0 aliphatic rings. The van der Waals surface area contributed by atoms with Crippen molar-refractivity contribution in [1.82, 2.24) is 4.98 Å². The minimum absolute atomic E-state index is 0.208. The van der Waals surface area contributed by atoms with Crippen molar-refractivity contribution in [2.45, 2.75) is 0 Å². The number of hydrogen-bond acceptors (Lipinski definition) is 1. The van der Waals surface area contributed by atoms with Crippen molar-refractivity contribution in [2.24, 2.45) is 6.66 Å². The van der Waals surface area contributed by atoms with E-state index in [2.05, 4.69) is 42.0 Å². The summed E-state index contributed by atoms with van der Waals surface area (Å²) in [6, 6.07) is 12.8. The van der Waals surface area contributed by atoms with Crippen molar-refractivity contribution in [3.63, 3.8) is 0 Å². The fourth-order valence-corrected chi connectivity index (χ4v) is 3.87. The summed E-state index contributed by atoms with van der Waals surface area (Å²) in [5.41, 5.74) is 0. The molecule has 68 valence electrons. The molecule has 3 rings (SSSR count). The Balaban J connectivity index is 2.69. The largest absolute Gasteiger partial charge is 0.252 e. The molecule has 1 aromatic carbocycles. The molecule has 0 aliphatic carbocycles. The van der Waals surface area contributed by atoms with Gasteiger partial charge in [0.05, 0.1) is 5.25 Å². The maximum Gasteiger partial charge on any atom is 0.0897 e. The highest BCUT2D eigenvalue weighted by Gasteiger charge is 2.07. The average molecular weight is 199 g/mol. The Morgan fingerprint density at radius 1 is 1.00 bits per heavy atom. The molecule has 2 heterocycles. The summed E-state index contributed by atoms with van der Waals surface area (Å²) in [6.45, 7) is 2.28. The van der Waals surface area contributed by atoms with Gasteiger partial charge in [-0.15, -0.1) is 0 Å². The van der Waals surface area contributed by atoms with Gasteiger partial charge in [-0.3, -0.25) is 4.98 Å². The highest BCUT2D eigenvalue weighted by molar-refractivity contribution is 7.59. The molecule has 0 aliphatic heterocycles. The third kappa shape index (κ3) is 0.935. The summed E-state index contributed by atoms with van der Waals surface area (Å²) < 4.78 is 0. The van der Waals surface area contributed by atoms with E-state index >= 15 is 0 Å². The molecule has 1 nitrogen and oxygen atoms in total. The highest BCUT2D eigenvalue weighted by atomic mass is 31.1. The summed E-state index contributed by atoms with van der Waals surface area (Å²) >= 11 is 0. The Morgan fingerprint density at radius 2 is 1.79 bits per heavy atom. The third-order valence-electron chi connectivity index (χ3n) is 2.66. The van der Waals surface area contributed by atoms with Gasteiger partial charge in [-0.2, -0.15) is 0 Å². The van der Waals surface area contributed by atoms with Gasteiger partial charge >= 0.3 is 0 Å². The summed E-state index contributed by atoms with van der Waals surface area (Å²) in [5.74, 6) is 0. The van der Waals surface area contributed by atoms with Gasteiger partial charge in [0.2, 0.25) is 0 Å². The maximum absolute atomic E-state index is 4.48. The Morgan fingerprint density at radius 3 is 2.71 bits per heavy atom. The molecule has 0 amide bonds. The average Bonchev–Trinajstić information content (AvgIpc) is 2.55. The first-order valence-corrected chi connectivity index (χ1v) is 6.45. The van der Waals surface area contributed by atoms with Crippen LogP contribution in [0.2, 0.25) is 0 Å². The molecule has 3 aromatic rings. The Labute approximate surface area is 83.5 Å². The Bertz CT molecular complexity index is 557. The van der Waals surface area contributed by atoms with Crippen LogP contribution in [0.3, 0.4) is 0 Å². The SMILES string of the molecule is Cp1c2ccccc2c2cccnc21. The van der Waals surface area contributed by atoms with Gasteiger partial charge in [0.25, 0.3) is 0 Å². The minimum atomic E-state index is -0.208. The predicted octanol–water partition coefficient (Wildman–Crippen LogP) is 3.91. The molecule has 1 unspecified atom stereocenters. The van der Waals surface area contributed by atoms with Crippen LogP contribution >= 0.6 is 7.53 Å². The molecule has 0 radical (unpaired) electrons. The quantitative estimate of drug-likeness (QED) is 0.534. The standard InChI is InChI=1S/C12H10NP/c1-14-11-7-3-2-5-9(11)10-6-4-8-13-12(10)14/h2-8H,1H3. The molecule has 0 bridgehead atoms. The molecule has 14 heavy (non-hydrogen) atoms. The van der Waals surface area contributed by atoms with Gasteiger partial charge in [-0.25, -0.2) is 0 Å². The van der Waals surface area contributed by atoms with Gasteiger partial charge in [-0.1, -0.05) is 37.9 Å². The number of aryl methyl sites for hydroxylation is 1. The van der Waals surface area contributed by atoms with Crippen molar-refractivity contribution in [3.05, 3.63) is 42.6 Å². The molecule has 0 saturated heterocycles. The van der Waals surface area contributed by atoms with Crippen LogP contribution in [0, 0.1) is 0 Å². The Kier molecular flexibility index (Phi) is 1.62. The van der Waals surface area contributed by atoms with Crippen LogP contribution in [-0.2, 0) is 6.66 Å². The zero-order valence-corrected chi connectivity index (χ0v) is 8.83. The van der Waals surface area contributed by atoms with Crippen LogP contribution in [0.15, 0.2) is 42.6 Å². The van der Waals surface area contributed by atoms with Crippen LogP contribution in [0.25, 0.3) is 21.1 Å². The van der Waals surface area contributed by atoms with Gasteiger partial charge < -0.3 is 0 Å².